The van der Waals surface area contributed by atoms with Crippen molar-refractivity contribution in [3.8, 4) is 5.75 Å². The zero-order valence-electron chi connectivity index (χ0n) is 11.4. The molecule has 2 aromatic carbocycles. The maximum Gasteiger partial charge on any atom is 0.332 e. The number of urea groups is 1. The van der Waals surface area contributed by atoms with E-state index in [9.17, 15) is 4.79 Å². The average molecular weight is 338 g/mol. The molecule has 0 radical (unpaired) electrons. The van der Waals surface area contributed by atoms with Crippen molar-refractivity contribution in [2.24, 2.45) is 10.8 Å². The quantitative estimate of drug-likeness (QED) is 0.646. The summed E-state index contributed by atoms with van der Waals surface area (Å²) in [6, 6.07) is 11.8. The van der Waals surface area contributed by atoms with Gasteiger partial charge in [-0.1, -0.05) is 29.3 Å². The zero-order chi connectivity index (χ0) is 15.9. The second kappa shape index (κ2) is 7.68. The van der Waals surface area contributed by atoms with Crippen LogP contribution >= 0.6 is 23.2 Å². The zero-order valence-corrected chi connectivity index (χ0v) is 12.9. The number of primary amides is 1. The third kappa shape index (κ3) is 4.95. The van der Waals surface area contributed by atoms with Crippen molar-refractivity contribution in [2.75, 3.05) is 0 Å². The molecule has 114 valence electrons. The maximum absolute atomic E-state index is 10.5. The van der Waals surface area contributed by atoms with Gasteiger partial charge in [-0.3, -0.25) is 0 Å². The number of rotatable bonds is 5. The smallest absolute Gasteiger partial charge is 0.332 e. The highest BCUT2D eigenvalue weighted by Crippen LogP contribution is 2.23. The number of amides is 2. The number of nitrogens with two attached hydrogens (primary N) is 1. The van der Waals surface area contributed by atoms with Gasteiger partial charge in [0.1, 0.15) is 12.4 Å². The summed E-state index contributed by atoms with van der Waals surface area (Å²) in [6.07, 6.45) is 1.48. The summed E-state index contributed by atoms with van der Waals surface area (Å²) in [7, 11) is 0. The number of hydrogen-bond acceptors (Lipinski definition) is 3. The summed E-state index contributed by atoms with van der Waals surface area (Å²) < 4.78 is 5.65. The number of ether oxygens (including phenoxy) is 1. The van der Waals surface area contributed by atoms with E-state index in [0.717, 1.165) is 11.1 Å². The first-order valence-electron chi connectivity index (χ1n) is 6.30. The highest BCUT2D eigenvalue weighted by atomic mass is 35.5. The van der Waals surface area contributed by atoms with Gasteiger partial charge in [-0.05, 0) is 47.5 Å². The third-order valence-corrected chi connectivity index (χ3v) is 3.40. The fourth-order valence-corrected chi connectivity index (χ4v) is 1.94. The molecule has 0 unspecified atom stereocenters. The van der Waals surface area contributed by atoms with Gasteiger partial charge in [-0.15, -0.1) is 0 Å². The lowest BCUT2D eigenvalue weighted by atomic mass is 10.2. The fraction of sp³-hybridized carbons (Fsp3) is 0.0667. The van der Waals surface area contributed by atoms with Crippen LogP contribution in [0.5, 0.6) is 5.75 Å². The topological polar surface area (TPSA) is 76.7 Å². The van der Waals surface area contributed by atoms with Gasteiger partial charge in [0.2, 0.25) is 0 Å². The van der Waals surface area contributed by atoms with Gasteiger partial charge >= 0.3 is 6.03 Å². The van der Waals surface area contributed by atoms with Crippen LogP contribution in [0.1, 0.15) is 11.1 Å². The molecule has 2 rings (SSSR count). The minimum absolute atomic E-state index is 0.382. The highest BCUT2D eigenvalue weighted by molar-refractivity contribution is 6.42. The Hall–Kier alpha value is -2.24. The van der Waals surface area contributed by atoms with E-state index in [4.69, 9.17) is 33.7 Å². The van der Waals surface area contributed by atoms with Crippen LogP contribution in [-0.2, 0) is 6.61 Å². The minimum Gasteiger partial charge on any atom is -0.489 e. The van der Waals surface area contributed by atoms with E-state index >= 15 is 0 Å². The molecule has 0 fully saturated rings. The second-order valence-electron chi connectivity index (χ2n) is 4.34. The van der Waals surface area contributed by atoms with Gasteiger partial charge in [0, 0.05) is 0 Å². The molecule has 0 saturated carbocycles. The van der Waals surface area contributed by atoms with Crippen molar-refractivity contribution in [1.82, 2.24) is 5.43 Å². The van der Waals surface area contributed by atoms with E-state index < -0.39 is 6.03 Å². The lowest BCUT2D eigenvalue weighted by Gasteiger charge is -2.07. The summed E-state index contributed by atoms with van der Waals surface area (Å²) >= 11 is 11.8. The predicted molar refractivity (Wildman–Crippen MR) is 87.5 cm³/mol. The number of nitrogens with zero attached hydrogens (tertiary/aromatic N) is 1. The first-order chi connectivity index (χ1) is 10.5. The molecule has 0 spiro atoms. The maximum atomic E-state index is 10.5. The Morgan fingerprint density at radius 2 is 1.91 bits per heavy atom. The Morgan fingerprint density at radius 1 is 1.18 bits per heavy atom. The second-order valence-corrected chi connectivity index (χ2v) is 5.15. The summed E-state index contributed by atoms with van der Waals surface area (Å²) in [4.78, 5) is 10.5. The Morgan fingerprint density at radius 3 is 2.55 bits per heavy atom. The average Bonchev–Trinajstić information content (AvgIpc) is 2.49. The largest absolute Gasteiger partial charge is 0.489 e. The van der Waals surface area contributed by atoms with Crippen molar-refractivity contribution in [3.05, 3.63) is 63.6 Å². The van der Waals surface area contributed by atoms with Gasteiger partial charge in [-0.2, -0.15) is 5.10 Å². The summed E-state index contributed by atoms with van der Waals surface area (Å²) in [5.41, 5.74) is 8.74. The van der Waals surface area contributed by atoms with Crippen LogP contribution in [0.2, 0.25) is 10.0 Å². The van der Waals surface area contributed by atoms with Gasteiger partial charge in [-0.25, -0.2) is 10.2 Å². The van der Waals surface area contributed by atoms with Crippen LogP contribution in [0, 0.1) is 0 Å². The Kier molecular flexibility index (Phi) is 5.63. The van der Waals surface area contributed by atoms with E-state index in [0.29, 0.717) is 22.4 Å². The molecule has 7 heteroatoms. The molecule has 5 nitrogen and oxygen atoms in total. The first-order valence-corrected chi connectivity index (χ1v) is 7.05. The van der Waals surface area contributed by atoms with Crippen LogP contribution < -0.4 is 15.9 Å². The molecule has 2 aromatic rings. The molecule has 3 N–H and O–H groups in total. The number of hydrogen-bond donors (Lipinski definition) is 2. The molecule has 0 heterocycles. The van der Waals surface area contributed by atoms with Gasteiger partial charge in [0.25, 0.3) is 0 Å². The van der Waals surface area contributed by atoms with Crippen molar-refractivity contribution in [3.63, 3.8) is 0 Å². The summed E-state index contributed by atoms with van der Waals surface area (Å²) in [5, 5.41) is 4.67. The van der Waals surface area contributed by atoms with E-state index in [1.165, 1.54) is 6.21 Å². The Balaban J connectivity index is 1.92. The summed E-state index contributed by atoms with van der Waals surface area (Å²) in [6.45, 7) is 0.382. The van der Waals surface area contributed by atoms with E-state index in [1.807, 2.05) is 6.07 Å². The number of carbonyl (C=O) groups is 1. The Labute approximate surface area is 137 Å². The Bertz CT molecular complexity index is 688. The number of nitrogens with one attached hydrogen (secondary N) is 1. The molecule has 0 aliphatic rings. The van der Waals surface area contributed by atoms with Crippen LogP contribution in [0.25, 0.3) is 0 Å². The number of halogens is 2. The van der Waals surface area contributed by atoms with Gasteiger partial charge in [0.15, 0.2) is 0 Å². The molecule has 0 saturated heterocycles. The fourth-order valence-electron chi connectivity index (χ4n) is 1.62. The highest BCUT2D eigenvalue weighted by Gasteiger charge is 2.01. The van der Waals surface area contributed by atoms with Crippen LogP contribution in [0.3, 0.4) is 0 Å². The molecular weight excluding hydrogens is 325 g/mol. The molecule has 0 bridgehead atoms. The molecular formula is C15H13Cl2N3O2. The SMILES string of the molecule is NC(=O)NN=Cc1ccc(OCc2ccc(Cl)c(Cl)c2)cc1. The van der Waals surface area contributed by atoms with Crippen molar-refractivity contribution in [1.29, 1.82) is 0 Å². The summed E-state index contributed by atoms with van der Waals surface area (Å²) in [5.74, 6) is 0.700. The van der Waals surface area contributed by atoms with E-state index in [-0.39, 0.29) is 0 Å². The van der Waals surface area contributed by atoms with E-state index in [2.05, 4.69) is 10.5 Å². The normalized spacial score (nSPS) is 10.6. The predicted octanol–water partition coefficient (Wildman–Crippen LogP) is 3.57. The van der Waals surface area contributed by atoms with Crippen molar-refractivity contribution in [2.45, 2.75) is 6.61 Å². The van der Waals surface area contributed by atoms with Gasteiger partial charge < -0.3 is 10.5 Å². The van der Waals surface area contributed by atoms with Crippen LogP contribution in [-0.4, -0.2) is 12.2 Å². The van der Waals surface area contributed by atoms with Crippen LogP contribution in [0.4, 0.5) is 4.79 Å². The van der Waals surface area contributed by atoms with Crippen molar-refractivity contribution >= 4 is 35.4 Å². The molecule has 0 aromatic heterocycles. The number of carbonyl (C=O) groups excluding carboxylic acids is 1. The molecule has 0 aliphatic heterocycles. The molecule has 0 aliphatic carbocycles. The number of hydrazone groups is 1. The van der Waals surface area contributed by atoms with Gasteiger partial charge in [0.05, 0.1) is 16.3 Å². The third-order valence-electron chi connectivity index (χ3n) is 2.66. The number of benzene rings is 2. The monoisotopic (exact) mass is 337 g/mol. The van der Waals surface area contributed by atoms with E-state index in [1.54, 1.807) is 36.4 Å². The standard InChI is InChI=1S/C15H13Cl2N3O2/c16-13-6-3-11(7-14(13)17)9-22-12-4-1-10(2-5-12)8-19-20-15(18)21/h1-8H,9H2,(H3,18,20,21). The van der Waals surface area contributed by atoms with Crippen LogP contribution in [0.15, 0.2) is 47.6 Å². The van der Waals surface area contributed by atoms with Crippen molar-refractivity contribution < 1.29 is 9.53 Å². The molecule has 22 heavy (non-hydrogen) atoms. The molecule has 0 atom stereocenters. The molecule has 2 amide bonds. The minimum atomic E-state index is -0.710. The lowest BCUT2D eigenvalue weighted by molar-refractivity contribution is 0.249. The lowest BCUT2D eigenvalue weighted by Crippen LogP contribution is -2.24. The first kappa shape index (κ1) is 16.1.